The molecule has 130 valence electrons. The van der Waals surface area contributed by atoms with Crippen LogP contribution >= 0.6 is 0 Å². The Morgan fingerprint density at radius 3 is 2.72 bits per heavy atom. The molecule has 6 heteroatoms. The highest BCUT2D eigenvalue weighted by Crippen LogP contribution is 2.29. The molecule has 0 N–H and O–H groups in total. The van der Waals surface area contributed by atoms with E-state index < -0.39 is 0 Å². The summed E-state index contributed by atoms with van der Waals surface area (Å²) < 4.78 is 8.97. The number of aromatic nitrogens is 3. The van der Waals surface area contributed by atoms with Crippen molar-refractivity contribution in [1.29, 1.82) is 0 Å². The maximum atomic E-state index is 12.0. The summed E-state index contributed by atoms with van der Waals surface area (Å²) in [5.41, 5.74) is 3.74. The van der Waals surface area contributed by atoms with Gasteiger partial charge in [0.05, 0.1) is 23.7 Å². The van der Waals surface area contributed by atoms with Gasteiger partial charge in [-0.25, -0.2) is 4.98 Å². The first kappa shape index (κ1) is 17.1. The van der Waals surface area contributed by atoms with Gasteiger partial charge in [0.2, 0.25) is 0 Å². The number of aryl methyl sites for hydroxylation is 2. The van der Waals surface area contributed by atoms with Crippen LogP contribution in [0.5, 0.6) is 0 Å². The molecule has 2 heterocycles. The van der Waals surface area contributed by atoms with Crippen molar-refractivity contribution in [2.45, 2.75) is 19.9 Å². The van der Waals surface area contributed by atoms with Gasteiger partial charge >= 0.3 is 0 Å². The number of nitrogens with zero attached hydrogens (tertiary/aromatic N) is 3. The zero-order valence-corrected chi connectivity index (χ0v) is 14.8. The molecule has 0 amide bonds. The minimum Gasteiger partial charge on any atom is -0.383 e. The first-order chi connectivity index (χ1) is 12.0. The van der Waals surface area contributed by atoms with Crippen LogP contribution in [0, 0.1) is 6.92 Å². The number of imidazole rings is 1. The zero-order chi connectivity index (χ0) is 18.1. The summed E-state index contributed by atoms with van der Waals surface area (Å²) in [5.74, 6) is 0.751. The van der Waals surface area contributed by atoms with Crippen LogP contribution in [0.15, 0.2) is 35.3 Å². The Balaban J connectivity index is 2.31. The molecule has 0 unspecified atom stereocenters. The van der Waals surface area contributed by atoms with Crippen LogP contribution in [-0.4, -0.2) is 34.1 Å². The van der Waals surface area contributed by atoms with Gasteiger partial charge in [0, 0.05) is 37.0 Å². The van der Waals surface area contributed by atoms with Crippen molar-refractivity contribution in [2.24, 2.45) is 7.05 Å². The van der Waals surface area contributed by atoms with Crippen LogP contribution in [0.3, 0.4) is 0 Å². The van der Waals surface area contributed by atoms with Crippen molar-refractivity contribution >= 4 is 17.3 Å². The number of benzene rings is 1. The Labute approximate surface area is 145 Å². The molecule has 0 aliphatic heterocycles. The predicted molar refractivity (Wildman–Crippen MR) is 97.1 cm³/mol. The van der Waals surface area contributed by atoms with Gasteiger partial charge in [0.15, 0.2) is 0 Å². The third kappa shape index (κ3) is 3.00. The number of carbonyl (C=O) groups is 1. The van der Waals surface area contributed by atoms with Gasteiger partial charge in [-0.15, -0.1) is 0 Å². The lowest BCUT2D eigenvalue weighted by molar-refractivity contribution is 0.112. The minimum absolute atomic E-state index is 0.0282. The monoisotopic (exact) mass is 339 g/mol. The number of hydrogen-bond acceptors (Lipinski definition) is 4. The Morgan fingerprint density at radius 1 is 1.32 bits per heavy atom. The average molecular weight is 339 g/mol. The van der Waals surface area contributed by atoms with Crippen LogP contribution in [0.4, 0.5) is 0 Å². The van der Waals surface area contributed by atoms with Gasteiger partial charge in [0.25, 0.3) is 5.56 Å². The molecular weight excluding hydrogens is 318 g/mol. The highest BCUT2D eigenvalue weighted by atomic mass is 16.5. The van der Waals surface area contributed by atoms with E-state index in [1.54, 1.807) is 44.0 Å². The Morgan fingerprint density at radius 2 is 2.08 bits per heavy atom. The van der Waals surface area contributed by atoms with Crippen LogP contribution in [0.1, 0.15) is 28.9 Å². The number of ether oxygens (including phenoxy) is 1. The lowest BCUT2D eigenvalue weighted by atomic mass is 10.2. The zero-order valence-electron chi connectivity index (χ0n) is 14.8. The topological polar surface area (TPSA) is 66.1 Å². The molecule has 1 aromatic carbocycles. The molecule has 6 nitrogen and oxygen atoms in total. The fraction of sp³-hybridized carbons (Fsp3) is 0.316. The quantitative estimate of drug-likeness (QED) is 0.671. The summed E-state index contributed by atoms with van der Waals surface area (Å²) in [6.07, 6.45) is 2.60. The summed E-state index contributed by atoms with van der Waals surface area (Å²) in [6, 6.07) is 7.35. The van der Waals surface area contributed by atoms with Gasteiger partial charge in [-0.3, -0.25) is 9.59 Å². The molecule has 0 aliphatic carbocycles. The fourth-order valence-electron chi connectivity index (χ4n) is 3.15. The molecule has 1 atom stereocenters. The van der Waals surface area contributed by atoms with Gasteiger partial charge in [-0.2, -0.15) is 0 Å². The molecule has 3 aromatic rings. The van der Waals surface area contributed by atoms with E-state index in [2.05, 4.69) is 11.5 Å². The van der Waals surface area contributed by atoms with E-state index in [0.717, 1.165) is 28.7 Å². The summed E-state index contributed by atoms with van der Waals surface area (Å²) in [6.45, 7) is 4.37. The maximum Gasteiger partial charge on any atom is 0.253 e. The number of carbonyl (C=O) groups excluding carboxylic acids is 1. The van der Waals surface area contributed by atoms with E-state index in [1.807, 2.05) is 12.1 Å². The standard InChI is InChI=1S/C19H21N3O3/c1-12-7-15(9-21(3)19(12)24)18-20-16-8-14(10-23)5-6-17(16)22(18)13(2)11-25-4/h5-10,13H,11H2,1-4H3/t13-/m1/s1. The number of hydrogen-bond donors (Lipinski definition) is 0. The highest BCUT2D eigenvalue weighted by Gasteiger charge is 2.18. The largest absolute Gasteiger partial charge is 0.383 e. The molecule has 0 spiro atoms. The lowest BCUT2D eigenvalue weighted by Gasteiger charge is -2.17. The summed E-state index contributed by atoms with van der Waals surface area (Å²) in [4.78, 5) is 27.8. The first-order valence-electron chi connectivity index (χ1n) is 8.10. The van der Waals surface area contributed by atoms with Gasteiger partial charge < -0.3 is 13.9 Å². The summed E-state index contributed by atoms with van der Waals surface area (Å²) in [7, 11) is 3.39. The first-order valence-corrected chi connectivity index (χ1v) is 8.10. The van der Waals surface area contributed by atoms with Crippen molar-refractivity contribution in [3.63, 3.8) is 0 Å². The molecule has 0 radical (unpaired) electrons. The van der Waals surface area contributed by atoms with Crippen LogP contribution in [0.2, 0.25) is 0 Å². The van der Waals surface area contributed by atoms with Crippen LogP contribution in [0.25, 0.3) is 22.4 Å². The van der Waals surface area contributed by atoms with Crippen LogP contribution < -0.4 is 5.56 Å². The normalized spacial score (nSPS) is 12.5. The molecule has 0 fully saturated rings. The second-order valence-electron chi connectivity index (χ2n) is 6.30. The van der Waals surface area contributed by atoms with E-state index in [9.17, 15) is 9.59 Å². The van der Waals surface area contributed by atoms with Gasteiger partial charge in [0.1, 0.15) is 12.1 Å². The van der Waals surface area contributed by atoms with E-state index in [1.165, 1.54) is 0 Å². The van der Waals surface area contributed by atoms with Crippen molar-refractivity contribution in [2.75, 3.05) is 13.7 Å². The predicted octanol–water partition coefficient (Wildman–Crippen LogP) is 2.73. The minimum atomic E-state index is -0.0282. The molecule has 25 heavy (non-hydrogen) atoms. The Hall–Kier alpha value is -2.73. The molecule has 0 saturated heterocycles. The Bertz CT molecular complexity index is 975. The second-order valence-corrected chi connectivity index (χ2v) is 6.30. The van der Waals surface area contributed by atoms with Crippen molar-refractivity contribution < 1.29 is 9.53 Å². The van der Waals surface area contributed by atoms with E-state index in [4.69, 9.17) is 9.72 Å². The average Bonchev–Trinajstić information content (AvgIpc) is 2.97. The second kappa shape index (κ2) is 6.64. The molecule has 0 saturated carbocycles. The number of rotatable bonds is 5. The van der Waals surface area contributed by atoms with Crippen molar-refractivity contribution in [3.05, 3.63) is 51.9 Å². The fourth-order valence-corrected chi connectivity index (χ4v) is 3.15. The summed E-state index contributed by atoms with van der Waals surface area (Å²) >= 11 is 0. The number of fused-ring (bicyclic) bond motifs is 1. The molecule has 2 aromatic heterocycles. The van der Waals surface area contributed by atoms with Gasteiger partial charge in [-0.05, 0) is 38.1 Å². The summed E-state index contributed by atoms with van der Waals surface area (Å²) in [5, 5.41) is 0. The number of aldehydes is 1. The third-order valence-electron chi connectivity index (χ3n) is 4.32. The van der Waals surface area contributed by atoms with E-state index >= 15 is 0 Å². The SMILES string of the molecule is COC[C@@H](C)n1c(-c2cc(C)c(=O)n(C)c2)nc2cc(C=O)ccc21. The van der Waals surface area contributed by atoms with Crippen molar-refractivity contribution in [3.8, 4) is 11.4 Å². The van der Waals surface area contributed by atoms with Gasteiger partial charge in [-0.1, -0.05) is 0 Å². The smallest absolute Gasteiger partial charge is 0.253 e. The lowest BCUT2D eigenvalue weighted by Crippen LogP contribution is -2.19. The third-order valence-corrected chi connectivity index (χ3v) is 4.32. The molecule has 0 aliphatic rings. The number of methoxy groups -OCH3 is 1. The van der Waals surface area contributed by atoms with E-state index in [0.29, 0.717) is 17.7 Å². The number of pyridine rings is 1. The Kier molecular flexibility index (Phi) is 4.55. The van der Waals surface area contributed by atoms with Crippen LogP contribution in [-0.2, 0) is 11.8 Å². The maximum absolute atomic E-state index is 12.0. The highest BCUT2D eigenvalue weighted by molar-refractivity contribution is 5.87. The molecule has 0 bridgehead atoms. The van der Waals surface area contributed by atoms with E-state index in [-0.39, 0.29) is 11.6 Å². The molecule has 3 rings (SSSR count). The van der Waals surface area contributed by atoms with Crippen molar-refractivity contribution in [1.82, 2.24) is 14.1 Å². The molecular formula is C19H21N3O3.